The van der Waals surface area contributed by atoms with Crippen molar-refractivity contribution in [1.82, 2.24) is 4.98 Å². The fourth-order valence-electron chi connectivity index (χ4n) is 2.79. The predicted octanol–water partition coefficient (Wildman–Crippen LogP) is 2.78. The second kappa shape index (κ2) is 6.49. The van der Waals surface area contributed by atoms with Crippen LogP contribution >= 0.6 is 0 Å². The van der Waals surface area contributed by atoms with Crippen molar-refractivity contribution in [3.05, 3.63) is 59.6 Å². The summed E-state index contributed by atoms with van der Waals surface area (Å²) >= 11 is 0. The largest absolute Gasteiger partial charge is 0.452 e. The van der Waals surface area contributed by atoms with Gasteiger partial charge in [0.2, 0.25) is 5.78 Å². The monoisotopic (exact) mass is 337 g/mol. The Kier molecular flexibility index (Phi) is 4.03. The standard InChI is InChI=1S/C19H15NO5/c21-18-14-4-3-13(24-19(22)15-2-1-9-23-15)11-16(14)25-17(18)10-12-5-7-20-8-6-12/h3-8,10-11,15H,1-2,9H2/b17-10-. The molecule has 2 aliphatic rings. The molecule has 0 saturated carbocycles. The molecule has 1 saturated heterocycles. The highest BCUT2D eigenvalue weighted by molar-refractivity contribution is 6.14. The van der Waals surface area contributed by atoms with Crippen molar-refractivity contribution in [3.63, 3.8) is 0 Å². The molecule has 0 bridgehead atoms. The highest BCUT2D eigenvalue weighted by atomic mass is 16.6. The van der Waals surface area contributed by atoms with Crippen LogP contribution in [-0.2, 0) is 9.53 Å². The zero-order valence-electron chi connectivity index (χ0n) is 13.3. The number of benzene rings is 1. The maximum atomic E-state index is 12.4. The van der Waals surface area contributed by atoms with Gasteiger partial charge < -0.3 is 14.2 Å². The molecule has 126 valence electrons. The van der Waals surface area contributed by atoms with Gasteiger partial charge in [-0.15, -0.1) is 0 Å². The molecule has 25 heavy (non-hydrogen) atoms. The third-order valence-corrected chi connectivity index (χ3v) is 4.06. The molecule has 6 heteroatoms. The molecule has 0 aliphatic carbocycles. The van der Waals surface area contributed by atoms with Gasteiger partial charge in [-0.3, -0.25) is 9.78 Å². The lowest BCUT2D eigenvalue weighted by atomic mass is 10.1. The summed E-state index contributed by atoms with van der Waals surface area (Å²) in [4.78, 5) is 28.4. The first-order valence-corrected chi connectivity index (χ1v) is 8.02. The zero-order chi connectivity index (χ0) is 17.2. The molecule has 2 aliphatic heterocycles. The van der Waals surface area contributed by atoms with Gasteiger partial charge in [0.15, 0.2) is 11.9 Å². The Morgan fingerprint density at radius 1 is 1.24 bits per heavy atom. The average molecular weight is 337 g/mol. The molecule has 0 spiro atoms. The highest BCUT2D eigenvalue weighted by Crippen LogP contribution is 2.35. The van der Waals surface area contributed by atoms with E-state index < -0.39 is 12.1 Å². The lowest BCUT2D eigenvalue weighted by Crippen LogP contribution is -2.24. The third-order valence-electron chi connectivity index (χ3n) is 4.06. The van der Waals surface area contributed by atoms with Crippen molar-refractivity contribution < 1.29 is 23.8 Å². The van der Waals surface area contributed by atoms with E-state index in [0.29, 0.717) is 30.1 Å². The van der Waals surface area contributed by atoms with Crippen LogP contribution in [0.2, 0.25) is 0 Å². The predicted molar refractivity (Wildman–Crippen MR) is 88.2 cm³/mol. The number of ether oxygens (including phenoxy) is 3. The molecule has 1 fully saturated rings. The van der Waals surface area contributed by atoms with Crippen LogP contribution in [-0.4, -0.2) is 29.4 Å². The first-order chi connectivity index (χ1) is 12.2. The number of aromatic nitrogens is 1. The SMILES string of the molecule is O=C1/C(=C/c2ccncc2)Oc2cc(OC(=O)C3CCCO3)ccc21. The Labute approximate surface area is 144 Å². The molecule has 4 rings (SSSR count). The van der Waals surface area contributed by atoms with Crippen LogP contribution in [0.25, 0.3) is 6.08 Å². The van der Waals surface area contributed by atoms with E-state index in [1.165, 1.54) is 0 Å². The van der Waals surface area contributed by atoms with Crippen LogP contribution in [0.15, 0.2) is 48.5 Å². The lowest BCUT2D eigenvalue weighted by molar-refractivity contribution is -0.144. The number of nitrogens with zero attached hydrogens (tertiary/aromatic N) is 1. The molecule has 1 unspecified atom stereocenters. The number of Topliss-reactive ketones (excluding diaryl/α,β-unsaturated/α-hetero) is 1. The normalized spacial score (nSPS) is 20.4. The molecule has 0 radical (unpaired) electrons. The van der Waals surface area contributed by atoms with Crippen molar-refractivity contribution in [2.75, 3.05) is 6.61 Å². The first kappa shape index (κ1) is 15.5. The third kappa shape index (κ3) is 3.16. The smallest absolute Gasteiger partial charge is 0.340 e. The van der Waals surface area contributed by atoms with E-state index >= 15 is 0 Å². The summed E-state index contributed by atoms with van der Waals surface area (Å²) < 4.78 is 16.3. The van der Waals surface area contributed by atoms with Gasteiger partial charge in [0.1, 0.15) is 11.5 Å². The van der Waals surface area contributed by atoms with E-state index in [1.807, 2.05) is 0 Å². The van der Waals surface area contributed by atoms with Gasteiger partial charge in [-0.2, -0.15) is 0 Å². The van der Waals surface area contributed by atoms with Crippen LogP contribution in [0.5, 0.6) is 11.5 Å². The summed E-state index contributed by atoms with van der Waals surface area (Å²) in [6.07, 6.45) is 5.94. The van der Waals surface area contributed by atoms with E-state index in [2.05, 4.69) is 4.98 Å². The Balaban J connectivity index is 1.53. The molecule has 3 heterocycles. The van der Waals surface area contributed by atoms with Gasteiger partial charge >= 0.3 is 5.97 Å². The number of carbonyl (C=O) groups excluding carboxylic acids is 2. The maximum absolute atomic E-state index is 12.4. The minimum absolute atomic E-state index is 0.205. The number of carbonyl (C=O) groups is 2. The fraction of sp³-hybridized carbons (Fsp3) is 0.211. The van der Waals surface area contributed by atoms with Crippen LogP contribution in [0.4, 0.5) is 0 Å². The number of esters is 1. The fourth-order valence-corrected chi connectivity index (χ4v) is 2.79. The number of rotatable bonds is 3. The molecular formula is C19H15NO5. The molecule has 6 nitrogen and oxygen atoms in total. The molecule has 0 N–H and O–H groups in total. The number of pyridine rings is 1. The second-order valence-electron chi connectivity index (χ2n) is 5.80. The zero-order valence-corrected chi connectivity index (χ0v) is 13.3. The van der Waals surface area contributed by atoms with Crippen molar-refractivity contribution in [1.29, 1.82) is 0 Å². The molecular weight excluding hydrogens is 322 g/mol. The highest BCUT2D eigenvalue weighted by Gasteiger charge is 2.29. The number of hydrogen-bond acceptors (Lipinski definition) is 6. The number of fused-ring (bicyclic) bond motifs is 1. The Morgan fingerprint density at radius 3 is 2.84 bits per heavy atom. The van der Waals surface area contributed by atoms with Crippen LogP contribution in [0.1, 0.15) is 28.8 Å². The summed E-state index contributed by atoms with van der Waals surface area (Å²) in [5.74, 6) is 0.307. The number of hydrogen-bond donors (Lipinski definition) is 0. The lowest BCUT2D eigenvalue weighted by Gasteiger charge is -2.09. The van der Waals surface area contributed by atoms with Gasteiger partial charge in [-0.05, 0) is 48.7 Å². The minimum atomic E-state index is -0.516. The van der Waals surface area contributed by atoms with Gasteiger partial charge in [-0.1, -0.05) is 0 Å². The van der Waals surface area contributed by atoms with Crippen molar-refractivity contribution in [2.24, 2.45) is 0 Å². The van der Waals surface area contributed by atoms with Crippen molar-refractivity contribution in [3.8, 4) is 11.5 Å². The maximum Gasteiger partial charge on any atom is 0.340 e. The molecule has 1 aromatic heterocycles. The summed E-state index contributed by atoms with van der Waals surface area (Å²) in [6.45, 7) is 0.574. The molecule has 1 aromatic carbocycles. The molecule has 0 amide bonds. The quantitative estimate of drug-likeness (QED) is 0.487. The van der Waals surface area contributed by atoms with Gasteiger partial charge in [-0.25, -0.2) is 4.79 Å². The molecule has 1 atom stereocenters. The van der Waals surface area contributed by atoms with E-state index in [9.17, 15) is 9.59 Å². The van der Waals surface area contributed by atoms with Crippen LogP contribution in [0.3, 0.4) is 0 Å². The summed E-state index contributed by atoms with van der Waals surface area (Å²) in [6, 6.07) is 8.29. The molecule has 2 aromatic rings. The number of ketones is 1. The van der Waals surface area contributed by atoms with Crippen LogP contribution in [0, 0.1) is 0 Å². The summed E-state index contributed by atoms with van der Waals surface area (Å²) in [7, 11) is 0. The van der Waals surface area contributed by atoms with Crippen LogP contribution < -0.4 is 9.47 Å². The van der Waals surface area contributed by atoms with Crippen molar-refractivity contribution >= 4 is 17.8 Å². The van der Waals surface area contributed by atoms with Gasteiger partial charge in [0.05, 0.1) is 5.56 Å². The Bertz CT molecular complexity index is 853. The van der Waals surface area contributed by atoms with Gasteiger partial charge in [0.25, 0.3) is 0 Å². The topological polar surface area (TPSA) is 74.7 Å². The number of allylic oxidation sites excluding steroid dienone is 1. The Morgan fingerprint density at radius 2 is 2.08 bits per heavy atom. The summed E-state index contributed by atoms with van der Waals surface area (Å²) in [5, 5.41) is 0. The van der Waals surface area contributed by atoms with Gasteiger partial charge in [0, 0.05) is 25.1 Å². The van der Waals surface area contributed by atoms with E-state index in [0.717, 1.165) is 12.0 Å². The van der Waals surface area contributed by atoms with E-state index in [1.54, 1.807) is 48.8 Å². The van der Waals surface area contributed by atoms with Crippen molar-refractivity contribution in [2.45, 2.75) is 18.9 Å². The summed E-state index contributed by atoms with van der Waals surface area (Å²) in [5.41, 5.74) is 1.26. The first-order valence-electron chi connectivity index (χ1n) is 8.02. The minimum Gasteiger partial charge on any atom is -0.452 e. The van der Waals surface area contributed by atoms with E-state index in [-0.39, 0.29) is 11.5 Å². The average Bonchev–Trinajstić information content (AvgIpc) is 3.25. The second-order valence-corrected chi connectivity index (χ2v) is 5.80. The van der Waals surface area contributed by atoms with E-state index in [4.69, 9.17) is 14.2 Å². The Hall–Kier alpha value is -2.99.